The van der Waals surface area contributed by atoms with Gasteiger partial charge in [0.15, 0.2) is 5.17 Å². The van der Waals surface area contributed by atoms with Gasteiger partial charge in [0.1, 0.15) is 0 Å². The summed E-state index contributed by atoms with van der Waals surface area (Å²) in [4.78, 5) is 4.72. The van der Waals surface area contributed by atoms with E-state index in [1.807, 2.05) is 11.8 Å². The van der Waals surface area contributed by atoms with Crippen molar-refractivity contribution in [2.24, 2.45) is 4.99 Å². The first-order valence-corrected chi connectivity index (χ1v) is 8.17. The molecule has 4 heteroatoms. The first-order chi connectivity index (χ1) is 8.27. The Balaban J connectivity index is 1.64. The van der Waals surface area contributed by atoms with Crippen molar-refractivity contribution in [3.05, 3.63) is 21.9 Å². The van der Waals surface area contributed by atoms with Gasteiger partial charge in [-0.2, -0.15) is 11.3 Å². The molecular weight excluding hydrogens is 248 g/mol. The lowest BCUT2D eigenvalue weighted by Crippen LogP contribution is -2.40. The molecule has 0 bridgehead atoms. The molecule has 0 aromatic carbocycles. The topological polar surface area (TPSA) is 24.4 Å². The first-order valence-electron chi connectivity index (χ1n) is 6.25. The molecule has 2 fully saturated rings. The summed E-state index contributed by atoms with van der Waals surface area (Å²) in [7, 11) is 0. The largest absolute Gasteiger partial charge is 0.359 e. The fourth-order valence-electron chi connectivity index (χ4n) is 2.62. The van der Waals surface area contributed by atoms with Crippen molar-refractivity contribution >= 4 is 28.3 Å². The van der Waals surface area contributed by atoms with Crippen molar-refractivity contribution in [2.45, 2.75) is 44.7 Å². The fraction of sp³-hybridized carbons (Fsp3) is 0.615. The van der Waals surface area contributed by atoms with E-state index in [2.05, 4.69) is 23.0 Å². The van der Waals surface area contributed by atoms with E-state index >= 15 is 0 Å². The van der Waals surface area contributed by atoms with Crippen LogP contribution < -0.4 is 5.32 Å². The molecule has 92 valence electrons. The molecule has 1 saturated heterocycles. The van der Waals surface area contributed by atoms with Gasteiger partial charge in [-0.25, -0.2) is 0 Å². The Bertz CT molecular complexity index is 430. The highest BCUT2D eigenvalue weighted by atomic mass is 32.2. The van der Waals surface area contributed by atoms with Crippen molar-refractivity contribution in [1.82, 2.24) is 5.32 Å². The molecule has 1 aliphatic carbocycles. The van der Waals surface area contributed by atoms with Crippen LogP contribution in [-0.4, -0.2) is 16.5 Å². The van der Waals surface area contributed by atoms with Crippen molar-refractivity contribution in [3.8, 4) is 0 Å². The van der Waals surface area contributed by atoms with E-state index in [1.165, 1.54) is 42.6 Å². The van der Waals surface area contributed by atoms with Gasteiger partial charge >= 0.3 is 0 Å². The van der Waals surface area contributed by atoms with Crippen molar-refractivity contribution in [2.75, 3.05) is 5.75 Å². The van der Waals surface area contributed by atoms with E-state index in [0.717, 1.165) is 11.7 Å². The first kappa shape index (κ1) is 11.6. The van der Waals surface area contributed by atoms with Gasteiger partial charge in [-0.15, -0.1) is 0 Å². The highest BCUT2D eigenvalue weighted by molar-refractivity contribution is 8.14. The Kier molecular flexibility index (Phi) is 3.17. The van der Waals surface area contributed by atoms with Crippen LogP contribution in [0.3, 0.4) is 0 Å². The molecule has 17 heavy (non-hydrogen) atoms. The lowest BCUT2D eigenvalue weighted by atomic mass is 10.0. The number of aryl methyl sites for hydroxylation is 1. The molecular formula is C13H18N2S2. The van der Waals surface area contributed by atoms with E-state index in [0.29, 0.717) is 5.54 Å². The van der Waals surface area contributed by atoms with Gasteiger partial charge in [0.2, 0.25) is 0 Å². The Morgan fingerprint density at radius 3 is 2.88 bits per heavy atom. The molecule has 1 spiro atoms. The van der Waals surface area contributed by atoms with Gasteiger partial charge in [0.05, 0.1) is 6.54 Å². The van der Waals surface area contributed by atoms with Crippen LogP contribution in [0.2, 0.25) is 0 Å². The summed E-state index contributed by atoms with van der Waals surface area (Å²) >= 11 is 3.68. The van der Waals surface area contributed by atoms with Crippen molar-refractivity contribution in [3.63, 3.8) is 0 Å². The van der Waals surface area contributed by atoms with Crippen LogP contribution in [0.25, 0.3) is 0 Å². The highest BCUT2D eigenvalue weighted by Gasteiger charge is 2.39. The number of nitrogens with one attached hydrogen (secondary N) is 1. The average molecular weight is 266 g/mol. The van der Waals surface area contributed by atoms with Crippen LogP contribution in [0.1, 0.15) is 36.8 Å². The maximum absolute atomic E-state index is 4.72. The van der Waals surface area contributed by atoms with Crippen LogP contribution in [0.4, 0.5) is 0 Å². The van der Waals surface area contributed by atoms with Gasteiger partial charge in [-0.3, -0.25) is 4.99 Å². The van der Waals surface area contributed by atoms with Gasteiger partial charge in [0, 0.05) is 11.3 Å². The second-order valence-corrected chi connectivity index (χ2v) is 6.81. The lowest BCUT2D eigenvalue weighted by Gasteiger charge is -2.21. The van der Waals surface area contributed by atoms with Crippen LogP contribution in [0.5, 0.6) is 0 Å². The predicted octanol–water partition coefficient (Wildman–Crippen LogP) is 3.56. The average Bonchev–Trinajstić information content (AvgIpc) is 3.01. The van der Waals surface area contributed by atoms with Gasteiger partial charge < -0.3 is 5.32 Å². The lowest BCUT2D eigenvalue weighted by molar-refractivity contribution is 0.452. The predicted molar refractivity (Wildman–Crippen MR) is 77.0 cm³/mol. The molecule has 1 aromatic heterocycles. The second-order valence-electron chi connectivity index (χ2n) is 5.10. The Morgan fingerprint density at radius 2 is 2.18 bits per heavy atom. The summed E-state index contributed by atoms with van der Waals surface area (Å²) < 4.78 is 0. The Hall–Kier alpha value is -0.480. The quantitative estimate of drug-likeness (QED) is 0.885. The molecule has 0 radical (unpaired) electrons. The molecule has 3 rings (SSSR count). The molecule has 2 aliphatic rings. The molecule has 0 atom stereocenters. The maximum Gasteiger partial charge on any atom is 0.157 e. The Labute approximate surface area is 111 Å². The molecule has 1 aromatic rings. The highest BCUT2D eigenvalue weighted by Crippen LogP contribution is 2.37. The molecule has 1 aliphatic heterocycles. The normalized spacial score (nSPS) is 24.6. The summed E-state index contributed by atoms with van der Waals surface area (Å²) in [6.07, 6.45) is 5.42. The summed E-state index contributed by atoms with van der Waals surface area (Å²) in [5, 5.41) is 9.24. The Morgan fingerprint density at radius 1 is 1.35 bits per heavy atom. The third-order valence-electron chi connectivity index (χ3n) is 3.77. The van der Waals surface area contributed by atoms with E-state index in [9.17, 15) is 0 Å². The van der Waals surface area contributed by atoms with Gasteiger partial charge in [-0.1, -0.05) is 24.6 Å². The van der Waals surface area contributed by atoms with Crippen molar-refractivity contribution < 1.29 is 0 Å². The van der Waals surface area contributed by atoms with Crippen LogP contribution in [0, 0.1) is 6.92 Å². The van der Waals surface area contributed by atoms with Crippen LogP contribution >= 0.6 is 23.1 Å². The number of nitrogens with zero attached hydrogens (tertiary/aromatic N) is 1. The zero-order chi connectivity index (χ0) is 11.7. The second kappa shape index (κ2) is 4.65. The summed E-state index contributed by atoms with van der Waals surface area (Å²) in [5.74, 6) is 1.22. The number of thiophene rings is 1. The van der Waals surface area contributed by atoms with Crippen molar-refractivity contribution in [1.29, 1.82) is 0 Å². The van der Waals surface area contributed by atoms with Crippen LogP contribution in [0.15, 0.2) is 15.8 Å². The third-order valence-corrected chi connectivity index (χ3v) is 5.88. The van der Waals surface area contributed by atoms with Gasteiger partial charge in [0.25, 0.3) is 0 Å². The standard InChI is InChI=1S/C13H18N2S2/c1-10-7-16-8-11(10)6-14-12-15-13(9-17-12)4-2-3-5-13/h7-8H,2-6,9H2,1H3,(H,14,15). The summed E-state index contributed by atoms with van der Waals surface area (Å²) in [6.45, 7) is 3.00. The number of rotatable bonds is 2. The minimum Gasteiger partial charge on any atom is -0.359 e. The molecule has 1 N–H and O–H groups in total. The molecule has 0 unspecified atom stereocenters. The molecule has 2 nitrogen and oxygen atoms in total. The van der Waals surface area contributed by atoms with E-state index in [1.54, 1.807) is 11.3 Å². The molecule has 1 saturated carbocycles. The number of hydrogen-bond acceptors (Lipinski definition) is 3. The van der Waals surface area contributed by atoms with E-state index in [4.69, 9.17) is 4.99 Å². The number of hydrogen-bond donors (Lipinski definition) is 1. The molecule has 2 heterocycles. The minimum atomic E-state index is 0.396. The fourth-order valence-corrected chi connectivity index (χ4v) is 4.68. The van der Waals surface area contributed by atoms with E-state index < -0.39 is 0 Å². The number of amidine groups is 1. The maximum atomic E-state index is 4.72. The number of aliphatic imine (C=N–C) groups is 1. The minimum absolute atomic E-state index is 0.396. The summed E-state index contributed by atoms with van der Waals surface area (Å²) in [6, 6.07) is 0. The number of thioether (sulfide) groups is 1. The zero-order valence-electron chi connectivity index (χ0n) is 10.2. The smallest absolute Gasteiger partial charge is 0.157 e. The van der Waals surface area contributed by atoms with Crippen LogP contribution in [-0.2, 0) is 6.54 Å². The molecule has 0 amide bonds. The monoisotopic (exact) mass is 266 g/mol. The third kappa shape index (κ3) is 2.38. The SMILES string of the molecule is Cc1cscc1CN=C1NC2(CCCC2)CS1. The van der Waals surface area contributed by atoms with E-state index in [-0.39, 0.29) is 0 Å². The zero-order valence-corrected chi connectivity index (χ0v) is 11.8. The van der Waals surface area contributed by atoms with Gasteiger partial charge in [-0.05, 0) is 41.7 Å². The summed E-state index contributed by atoms with van der Waals surface area (Å²) in [5.41, 5.74) is 3.14.